The van der Waals surface area contributed by atoms with E-state index in [4.69, 9.17) is 22.5 Å². The highest BCUT2D eigenvalue weighted by atomic mass is 35.9. The lowest BCUT2D eigenvalue weighted by atomic mass is 29.9. The Morgan fingerprint density at radius 1 is 1.60 bits per heavy atom. The van der Waals surface area contributed by atoms with E-state index in [1.807, 2.05) is 0 Å². The molecule has 0 radical (unpaired) electrons. The van der Waals surface area contributed by atoms with Gasteiger partial charge in [0.2, 0.25) is 0 Å². The van der Waals surface area contributed by atoms with E-state index in [0.29, 0.717) is 0 Å². The minimum Gasteiger partial charge on any atom is -0.716 e. The van der Waals surface area contributed by atoms with Crippen molar-refractivity contribution >= 4 is 50.5 Å². The van der Waals surface area contributed by atoms with Gasteiger partial charge in [0.25, 0.3) is 0 Å². The average Bonchev–Trinajstić information content (AvgIpc) is 0.722. The molecule has 0 aromatic carbocycles. The minimum absolute atomic E-state index is 2.28. The molecule has 5 heavy (non-hydrogen) atoms. The zero-order chi connectivity index (χ0) is 4.50. The third-order valence-electron chi connectivity index (χ3n) is 0. The smallest absolute Gasteiger partial charge is 0.00276 e. The second-order valence-electron chi connectivity index (χ2n) is 0.414. The lowest BCUT2D eigenvalue weighted by molar-refractivity contribution is 4.67. The van der Waals surface area contributed by atoms with Crippen molar-refractivity contribution in [3.8, 4) is 0 Å². The fourth-order valence-electron chi connectivity index (χ4n) is 0. The van der Waals surface area contributed by atoms with Gasteiger partial charge in [-0.05, 0) is 3.95 Å². The van der Waals surface area contributed by atoms with Crippen LogP contribution in [-0.2, 0) is 24.1 Å². The van der Waals surface area contributed by atoms with Crippen molar-refractivity contribution in [2.75, 3.05) is 0 Å². The number of rotatable bonds is 0. The normalized spacial score (nSPS) is 11.8. The Bertz CT molecular complexity index is 53.8. The minimum atomic E-state index is -2.28. The molecule has 32 valence electrons. The van der Waals surface area contributed by atoms with Crippen molar-refractivity contribution in [2.45, 2.75) is 0 Å². The van der Waals surface area contributed by atoms with Crippen LogP contribution in [0.3, 0.4) is 0 Å². The predicted molar refractivity (Wildman–Crippen MR) is 33.4 cm³/mol. The predicted octanol–water partition coefficient (Wildman–Crippen LogP) is 2.24. The molecule has 0 aliphatic carbocycles. The van der Waals surface area contributed by atoms with Crippen molar-refractivity contribution in [1.29, 1.82) is 0 Å². The maximum atomic E-state index is 5.04. The van der Waals surface area contributed by atoms with Gasteiger partial charge in [0.05, 0.1) is 0 Å². The van der Waals surface area contributed by atoms with Crippen LogP contribution in [0.1, 0.15) is 0 Å². The van der Waals surface area contributed by atoms with Gasteiger partial charge >= 0.3 is 0 Å². The Morgan fingerprint density at radius 2 is 1.60 bits per heavy atom. The second-order valence-corrected chi connectivity index (χ2v) is 11.2. The summed E-state index contributed by atoms with van der Waals surface area (Å²) < 4.78 is -2.28. The zero-order valence-electron chi connectivity index (χ0n) is 2.02. The first-order chi connectivity index (χ1) is 2.00. The molecule has 0 bridgehead atoms. The summed E-state index contributed by atoms with van der Waals surface area (Å²) in [6, 6.07) is 0. The summed E-state index contributed by atoms with van der Waals surface area (Å²) >= 11 is 18.6. The maximum absolute atomic E-state index is 5.04. The van der Waals surface area contributed by atoms with E-state index in [0.717, 1.165) is 0 Å². The first-order valence-corrected chi connectivity index (χ1v) is 6.33. The molecule has 0 fully saturated rings. The Morgan fingerprint density at radius 3 is 1.60 bits per heavy atom. The molecule has 0 amide bonds. The molecule has 0 heterocycles. The Kier molecular flexibility index (Phi) is 2.68. The van der Waals surface area contributed by atoms with Crippen LogP contribution in [0.5, 0.6) is 0 Å². The van der Waals surface area contributed by atoms with Crippen molar-refractivity contribution in [3.63, 3.8) is 0 Å². The van der Waals surface area contributed by atoms with E-state index in [-0.39, 0.29) is 0 Å². The summed E-state index contributed by atoms with van der Waals surface area (Å²) in [6.07, 6.45) is 0. The van der Waals surface area contributed by atoms with Gasteiger partial charge in [0.1, 0.15) is 0 Å². The van der Waals surface area contributed by atoms with Crippen LogP contribution in [0.25, 0.3) is 0 Å². The summed E-state index contributed by atoms with van der Waals surface area (Å²) in [5.41, 5.74) is 0. The summed E-state index contributed by atoms with van der Waals surface area (Å²) in [5.74, 6) is 0. The van der Waals surface area contributed by atoms with Crippen molar-refractivity contribution < 1.29 is 0 Å². The van der Waals surface area contributed by atoms with Gasteiger partial charge < -0.3 is 12.2 Å². The number of hydrogen-bond acceptors (Lipinski definition) is 2. The van der Waals surface area contributed by atoms with E-state index >= 15 is 0 Å². The standard InChI is InChI=1S/Cl2HPS2/c1-3(2,4)5/h(H,4,5)/p-1. The highest BCUT2D eigenvalue weighted by Crippen LogP contribution is 2.54. The zero-order valence-corrected chi connectivity index (χ0v) is 6.06. The van der Waals surface area contributed by atoms with Crippen LogP contribution >= 0.6 is 26.4 Å². The van der Waals surface area contributed by atoms with E-state index < -0.39 is 3.95 Å². The third kappa shape index (κ3) is 28.6. The molecule has 0 saturated heterocycles. The van der Waals surface area contributed by atoms with Gasteiger partial charge in [-0.15, -0.1) is 0 Å². The van der Waals surface area contributed by atoms with E-state index in [1.54, 1.807) is 0 Å². The average molecular weight is 166 g/mol. The summed E-state index contributed by atoms with van der Waals surface area (Å²) in [5, 5.41) is 0. The molecule has 0 atom stereocenters. The molecule has 0 rings (SSSR count). The molecule has 0 aliphatic rings. The van der Waals surface area contributed by atoms with Crippen LogP contribution < -0.4 is 0 Å². The van der Waals surface area contributed by atoms with Gasteiger partial charge in [-0.1, -0.05) is 34.3 Å². The molecule has 0 nitrogen and oxygen atoms in total. The molecule has 0 saturated carbocycles. The van der Waals surface area contributed by atoms with E-state index in [1.165, 1.54) is 0 Å². The lowest BCUT2D eigenvalue weighted by Gasteiger charge is -2.04. The van der Waals surface area contributed by atoms with Crippen molar-refractivity contribution in [2.24, 2.45) is 0 Å². The Labute approximate surface area is 50.6 Å². The van der Waals surface area contributed by atoms with Gasteiger partial charge in [0.15, 0.2) is 0 Å². The van der Waals surface area contributed by atoms with E-state index in [9.17, 15) is 0 Å². The molecule has 0 aromatic heterocycles. The summed E-state index contributed by atoms with van der Waals surface area (Å²) in [6.45, 7) is 0. The summed E-state index contributed by atoms with van der Waals surface area (Å²) in [7, 11) is 0. The topological polar surface area (TPSA) is 0 Å². The summed E-state index contributed by atoms with van der Waals surface area (Å²) in [4.78, 5) is 0. The van der Waals surface area contributed by atoms with Gasteiger partial charge in [0, 0.05) is 0 Å². The van der Waals surface area contributed by atoms with Gasteiger partial charge in [-0.25, -0.2) is 0 Å². The Hall–Kier alpha value is 1.58. The first-order valence-electron chi connectivity index (χ1n) is 0.703. The fraction of sp³-hybridized carbons (Fsp3) is 0. The van der Waals surface area contributed by atoms with Gasteiger partial charge in [-0.2, -0.15) is 0 Å². The molecule has 0 N–H and O–H groups in total. The molecular formula is Cl2PS2-. The molecule has 5 heteroatoms. The molecule has 0 unspecified atom stereocenters. The lowest BCUT2D eigenvalue weighted by Crippen LogP contribution is -1.30. The highest BCUT2D eigenvalue weighted by molar-refractivity contribution is 8.72. The third-order valence-corrected chi connectivity index (χ3v) is 0. The largest absolute Gasteiger partial charge is 0.716 e. The first kappa shape index (κ1) is 6.58. The SMILES string of the molecule is S=P([S-])(Cl)Cl. The fourth-order valence-corrected chi connectivity index (χ4v) is 0. The van der Waals surface area contributed by atoms with Crippen molar-refractivity contribution in [1.82, 2.24) is 0 Å². The van der Waals surface area contributed by atoms with Crippen LogP contribution in [0.15, 0.2) is 0 Å². The maximum Gasteiger partial charge on any atom is -0.00276 e. The monoisotopic (exact) mass is 165 g/mol. The van der Waals surface area contributed by atoms with Crippen molar-refractivity contribution in [3.05, 3.63) is 0 Å². The van der Waals surface area contributed by atoms with Crippen LogP contribution in [0, 0.1) is 0 Å². The quantitative estimate of drug-likeness (QED) is 0.399. The van der Waals surface area contributed by atoms with Crippen LogP contribution in [-0.4, -0.2) is 0 Å². The molecule has 0 aliphatic heterocycles. The van der Waals surface area contributed by atoms with Gasteiger partial charge in [-0.3, -0.25) is 0 Å². The molecular weight excluding hydrogens is 166 g/mol. The van der Waals surface area contributed by atoms with Crippen LogP contribution in [0.2, 0.25) is 0 Å². The highest BCUT2D eigenvalue weighted by Gasteiger charge is 1.76. The molecule has 0 spiro atoms. The van der Waals surface area contributed by atoms with Crippen LogP contribution in [0.4, 0.5) is 0 Å². The molecule has 0 aromatic rings. The second kappa shape index (κ2) is 2.04. The number of halogens is 2. The van der Waals surface area contributed by atoms with E-state index in [2.05, 4.69) is 24.1 Å². The number of hydrogen-bond donors (Lipinski definition) is 0. The Balaban J connectivity index is 3.47.